The highest BCUT2D eigenvalue weighted by Gasteiger charge is 2.09. The molecule has 16 heavy (non-hydrogen) atoms. The van der Waals surface area contributed by atoms with Crippen LogP contribution in [0.4, 0.5) is 0 Å². The van der Waals surface area contributed by atoms with Crippen LogP contribution in [-0.4, -0.2) is 13.0 Å². The molecule has 0 aliphatic rings. The van der Waals surface area contributed by atoms with E-state index in [9.17, 15) is 4.79 Å². The summed E-state index contributed by atoms with van der Waals surface area (Å²) in [5.41, 5.74) is 2.27. The Morgan fingerprint density at radius 3 is 2.69 bits per heavy atom. The quantitative estimate of drug-likeness (QED) is 0.864. The summed E-state index contributed by atoms with van der Waals surface area (Å²) in [7, 11) is 1.66. The van der Waals surface area contributed by atoms with Gasteiger partial charge in [0.2, 0.25) is 5.91 Å². The first-order valence-corrected chi connectivity index (χ1v) is 6.01. The number of hydrogen-bond donors (Lipinski definition) is 1. The van der Waals surface area contributed by atoms with Gasteiger partial charge in [0, 0.05) is 11.9 Å². The Balaban J connectivity index is 2.29. The van der Waals surface area contributed by atoms with E-state index in [2.05, 4.69) is 17.4 Å². The zero-order valence-corrected chi connectivity index (χ0v) is 9.88. The first kappa shape index (κ1) is 10.9. The van der Waals surface area contributed by atoms with Crippen LogP contribution in [-0.2, 0) is 11.2 Å². The van der Waals surface area contributed by atoms with Crippen molar-refractivity contribution in [3.8, 4) is 10.4 Å². The Morgan fingerprint density at radius 1 is 1.25 bits per heavy atom. The van der Waals surface area contributed by atoms with E-state index < -0.39 is 0 Å². The molecule has 2 rings (SSSR count). The molecule has 0 spiro atoms. The van der Waals surface area contributed by atoms with Gasteiger partial charge in [-0.25, -0.2) is 0 Å². The SMILES string of the molecule is CNC(=O)Cc1ccsc1-c1ccccc1. The third-order valence-corrected chi connectivity index (χ3v) is 3.42. The molecule has 2 aromatic rings. The van der Waals surface area contributed by atoms with Crippen LogP contribution in [0.5, 0.6) is 0 Å². The van der Waals surface area contributed by atoms with E-state index >= 15 is 0 Å². The molecule has 0 atom stereocenters. The number of carbonyl (C=O) groups excluding carboxylic acids is 1. The van der Waals surface area contributed by atoms with E-state index in [0.29, 0.717) is 6.42 Å². The Morgan fingerprint density at radius 2 is 2.00 bits per heavy atom. The van der Waals surface area contributed by atoms with Crippen LogP contribution >= 0.6 is 11.3 Å². The maximum absolute atomic E-state index is 11.4. The van der Waals surface area contributed by atoms with Gasteiger partial charge in [0.25, 0.3) is 0 Å². The van der Waals surface area contributed by atoms with Crippen LogP contribution in [0.25, 0.3) is 10.4 Å². The van der Waals surface area contributed by atoms with Crippen LogP contribution in [0.15, 0.2) is 41.8 Å². The van der Waals surface area contributed by atoms with Crippen LogP contribution in [0.3, 0.4) is 0 Å². The molecule has 82 valence electrons. The molecule has 1 aromatic carbocycles. The predicted molar refractivity (Wildman–Crippen MR) is 67.5 cm³/mol. The van der Waals surface area contributed by atoms with Crippen LogP contribution in [0.1, 0.15) is 5.56 Å². The minimum atomic E-state index is 0.0515. The number of benzene rings is 1. The van der Waals surface area contributed by atoms with Crippen LogP contribution < -0.4 is 5.32 Å². The molecule has 0 saturated heterocycles. The summed E-state index contributed by atoms with van der Waals surface area (Å²) in [6.07, 6.45) is 0.449. The van der Waals surface area contributed by atoms with Gasteiger partial charge < -0.3 is 5.32 Å². The van der Waals surface area contributed by atoms with Crippen molar-refractivity contribution < 1.29 is 4.79 Å². The van der Waals surface area contributed by atoms with Gasteiger partial charge in [0.15, 0.2) is 0 Å². The zero-order valence-electron chi connectivity index (χ0n) is 9.07. The van der Waals surface area contributed by atoms with E-state index in [1.807, 2.05) is 29.6 Å². The van der Waals surface area contributed by atoms with Crippen molar-refractivity contribution in [2.75, 3.05) is 7.05 Å². The fourth-order valence-electron chi connectivity index (χ4n) is 1.58. The van der Waals surface area contributed by atoms with Crippen LogP contribution in [0.2, 0.25) is 0 Å². The highest BCUT2D eigenvalue weighted by atomic mass is 32.1. The van der Waals surface area contributed by atoms with Gasteiger partial charge in [-0.05, 0) is 22.6 Å². The summed E-state index contributed by atoms with van der Waals surface area (Å²) in [5.74, 6) is 0.0515. The topological polar surface area (TPSA) is 29.1 Å². The van der Waals surface area contributed by atoms with Gasteiger partial charge >= 0.3 is 0 Å². The van der Waals surface area contributed by atoms with Crippen molar-refractivity contribution in [2.24, 2.45) is 0 Å². The third-order valence-electron chi connectivity index (χ3n) is 2.41. The monoisotopic (exact) mass is 231 g/mol. The Labute approximate surface area is 98.9 Å². The molecular weight excluding hydrogens is 218 g/mol. The Hall–Kier alpha value is -1.61. The summed E-state index contributed by atoms with van der Waals surface area (Å²) in [6, 6.07) is 12.2. The molecule has 0 fully saturated rings. The molecule has 0 aliphatic carbocycles. The van der Waals surface area contributed by atoms with E-state index in [4.69, 9.17) is 0 Å². The van der Waals surface area contributed by atoms with Gasteiger partial charge in [-0.2, -0.15) is 0 Å². The van der Waals surface area contributed by atoms with Gasteiger partial charge in [-0.1, -0.05) is 30.3 Å². The molecule has 0 bridgehead atoms. The lowest BCUT2D eigenvalue weighted by Gasteiger charge is -2.03. The van der Waals surface area contributed by atoms with Crippen LogP contribution in [0, 0.1) is 0 Å². The number of nitrogens with one attached hydrogen (secondary N) is 1. The molecule has 0 unspecified atom stereocenters. The molecule has 0 radical (unpaired) electrons. The second-order valence-corrected chi connectivity index (χ2v) is 4.41. The maximum Gasteiger partial charge on any atom is 0.224 e. The standard InChI is InChI=1S/C13H13NOS/c1-14-12(15)9-11-7-8-16-13(11)10-5-3-2-4-6-10/h2-8H,9H2,1H3,(H,14,15). The second-order valence-electron chi connectivity index (χ2n) is 3.49. The van der Waals surface area contributed by atoms with Gasteiger partial charge in [0.1, 0.15) is 0 Å². The summed E-state index contributed by atoms with van der Waals surface area (Å²) in [4.78, 5) is 12.5. The Bertz CT molecular complexity index is 476. The number of amides is 1. The summed E-state index contributed by atoms with van der Waals surface area (Å²) < 4.78 is 0. The zero-order chi connectivity index (χ0) is 11.4. The molecule has 3 heteroatoms. The fourth-order valence-corrected chi connectivity index (χ4v) is 2.51. The molecular formula is C13H13NOS. The number of hydrogen-bond acceptors (Lipinski definition) is 2. The third kappa shape index (κ3) is 2.31. The predicted octanol–water partition coefficient (Wildman–Crippen LogP) is 2.70. The fraction of sp³-hybridized carbons (Fsp3) is 0.154. The van der Waals surface area contributed by atoms with Gasteiger partial charge in [-0.15, -0.1) is 11.3 Å². The second kappa shape index (κ2) is 4.94. The first-order valence-electron chi connectivity index (χ1n) is 5.13. The number of rotatable bonds is 3. The van der Waals surface area contributed by atoms with E-state index in [1.165, 1.54) is 10.4 Å². The molecule has 1 N–H and O–H groups in total. The molecule has 1 aromatic heterocycles. The van der Waals surface area contributed by atoms with Gasteiger partial charge in [0.05, 0.1) is 6.42 Å². The summed E-state index contributed by atoms with van der Waals surface area (Å²) >= 11 is 1.68. The van der Waals surface area contributed by atoms with Crippen molar-refractivity contribution in [3.05, 3.63) is 47.3 Å². The van der Waals surface area contributed by atoms with Crippen molar-refractivity contribution >= 4 is 17.2 Å². The molecule has 0 aliphatic heterocycles. The average molecular weight is 231 g/mol. The largest absolute Gasteiger partial charge is 0.359 e. The Kier molecular flexibility index (Phi) is 3.37. The van der Waals surface area contributed by atoms with Crippen molar-refractivity contribution in [2.45, 2.75) is 6.42 Å². The normalized spacial score (nSPS) is 10.1. The number of likely N-dealkylation sites (N-methyl/N-ethyl adjacent to an activating group) is 1. The first-order chi connectivity index (χ1) is 7.81. The summed E-state index contributed by atoms with van der Waals surface area (Å²) in [6.45, 7) is 0. The highest BCUT2D eigenvalue weighted by Crippen LogP contribution is 2.29. The number of carbonyl (C=O) groups is 1. The summed E-state index contributed by atoms with van der Waals surface area (Å²) in [5, 5.41) is 4.68. The lowest BCUT2D eigenvalue weighted by atomic mass is 10.1. The average Bonchev–Trinajstić information content (AvgIpc) is 2.78. The highest BCUT2D eigenvalue weighted by molar-refractivity contribution is 7.13. The van der Waals surface area contributed by atoms with Crippen molar-refractivity contribution in [1.29, 1.82) is 0 Å². The maximum atomic E-state index is 11.4. The lowest BCUT2D eigenvalue weighted by molar-refractivity contribution is -0.119. The molecule has 2 nitrogen and oxygen atoms in total. The van der Waals surface area contributed by atoms with Crippen molar-refractivity contribution in [3.63, 3.8) is 0 Å². The van der Waals surface area contributed by atoms with Crippen molar-refractivity contribution in [1.82, 2.24) is 5.32 Å². The minimum Gasteiger partial charge on any atom is -0.359 e. The van der Waals surface area contributed by atoms with E-state index in [0.717, 1.165) is 5.56 Å². The lowest BCUT2D eigenvalue weighted by Crippen LogP contribution is -2.19. The smallest absolute Gasteiger partial charge is 0.224 e. The number of thiophene rings is 1. The van der Waals surface area contributed by atoms with E-state index in [1.54, 1.807) is 18.4 Å². The minimum absolute atomic E-state index is 0.0515. The van der Waals surface area contributed by atoms with Gasteiger partial charge in [-0.3, -0.25) is 4.79 Å². The molecule has 1 amide bonds. The van der Waals surface area contributed by atoms with E-state index in [-0.39, 0.29) is 5.91 Å². The molecule has 1 heterocycles. The molecule has 0 saturated carbocycles.